The predicted octanol–water partition coefficient (Wildman–Crippen LogP) is 3.85. The van der Waals surface area contributed by atoms with Gasteiger partial charge in [-0.1, -0.05) is 19.1 Å². The van der Waals surface area contributed by atoms with Crippen LogP contribution < -0.4 is 4.72 Å². The number of fused-ring (bicyclic) bond motifs is 5. The van der Waals surface area contributed by atoms with Crippen molar-refractivity contribution >= 4 is 16.0 Å². The summed E-state index contributed by atoms with van der Waals surface area (Å²) in [5.41, 5.74) is 3.09. The highest BCUT2D eigenvalue weighted by Gasteiger charge is 2.58. The molecule has 1 aromatic rings. The first-order valence-corrected chi connectivity index (χ1v) is 11.3. The number of anilines is 1. The summed E-state index contributed by atoms with van der Waals surface area (Å²) in [6.07, 6.45) is 8.62. The minimum atomic E-state index is -4.27. The summed E-state index contributed by atoms with van der Waals surface area (Å²) in [6, 6.07) is 5.64. The van der Waals surface area contributed by atoms with E-state index in [1.165, 1.54) is 5.56 Å². The molecule has 0 heterocycles. The van der Waals surface area contributed by atoms with Gasteiger partial charge in [0.15, 0.2) is 0 Å². The van der Waals surface area contributed by atoms with Gasteiger partial charge in [-0.05, 0) is 85.5 Å². The fourth-order valence-electron chi connectivity index (χ4n) is 6.61. The van der Waals surface area contributed by atoms with E-state index >= 15 is 0 Å². The predicted molar refractivity (Wildman–Crippen MR) is 106 cm³/mol. The lowest BCUT2D eigenvalue weighted by molar-refractivity contribution is 0.00650. The summed E-state index contributed by atoms with van der Waals surface area (Å²) in [5, 5.41) is 10.4. The van der Waals surface area contributed by atoms with Crippen molar-refractivity contribution in [2.75, 3.05) is 4.72 Å². The Balaban J connectivity index is 1.76. The molecule has 4 rings (SSSR count). The van der Waals surface area contributed by atoms with Crippen LogP contribution in [0.3, 0.4) is 0 Å². The molecular formula is C21H29NO4S. The van der Waals surface area contributed by atoms with Crippen molar-refractivity contribution in [3.05, 3.63) is 42.0 Å². The van der Waals surface area contributed by atoms with Gasteiger partial charge >= 0.3 is 10.3 Å². The van der Waals surface area contributed by atoms with Crippen molar-refractivity contribution in [3.63, 3.8) is 0 Å². The maximum atomic E-state index is 11.2. The van der Waals surface area contributed by atoms with Gasteiger partial charge in [0.25, 0.3) is 0 Å². The Morgan fingerprint density at radius 3 is 2.81 bits per heavy atom. The Morgan fingerprint density at radius 1 is 1.33 bits per heavy atom. The van der Waals surface area contributed by atoms with Crippen LogP contribution in [0.4, 0.5) is 5.69 Å². The van der Waals surface area contributed by atoms with Gasteiger partial charge in [-0.15, -0.1) is 6.58 Å². The molecule has 0 radical (unpaired) electrons. The molecule has 5 atom stereocenters. The molecule has 3 aliphatic rings. The molecular weight excluding hydrogens is 362 g/mol. The molecule has 0 aliphatic heterocycles. The van der Waals surface area contributed by atoms with Crippen LogP contribution in [-0.2, 0) is 22.1 Å². The monoisotopic (exact) mass is 391 g/mol. The van der Waals surface area contributed by atoms with Crippen LogP contribution >= 0.6 is 0 Å². The molecule has 0 spiro atoms. The third-order valence-electron chi connectivity index (χ3n) is 7.58. The lowest BCUT2D eigenvalue weighted by Gasteiger charge is -2.56. The van der Waals surface area contributed by atoms with Crippen molar-refractivity contribution in [2.24, 2.45) is 17.3 Å². The van der Waals surface area contributed by atoms with E-state index in [0.29, 0.717) is 17.5 Å². The number of aliphatic hydroxyl groups excluding tert-OH is 1. The molecule has 0 saturated heterocycles. The zero-order chi connectivity index (χ0) is 19.4. The van der Waals surface area contributed by atoms with E-state index in [2.05, 4.69) is 18.2 Å². The lowest BCUT2D eigenvalue weighted by Crippen LogP contribution is -2.50. The van der Waals surface area contributed by atoms with E-state index in [1.807, 2.05) is 18.2 Å². The zero-order valence-electron chi connectivity index (χ0n) is 15.8. The van der Waals surface area contributed by atoms with Crippen LogP contribution in [0.15, 0.2) is 30.9 Å². The molecule has 27 heavy (non-hydrogen) atoms. The van der Waals surface area contributed by atoms with Gasteiger partial charge in [-0.2, -0.15) is 8.42 Å². The first kappa shape index (κ1) is 19.0. The van der Waals surface area contributed by atoms with E-state index in [9.17, 15) is 13.5 Å². The van der Waals surface area contributed by atoms with Gasteiger partial charge in [0.2, 0.25) is 0 Å². The molecule has 1 aromatic carbocycles. The number of nitrogens with one attached hydrogen (secondary N) is 1. The molecule has 148 valence electrons. The van der Waals surface area contributed by atoms with Crippen molar-refractivity contribution in [1.29, 1.82) is 0 Å². The van der Waals surface area contributed by atoms with E-state index in [-0.39, 0.29) is 16.9 Å². The van der Waals surface area contributed by atoms with Gasteiger partial charge in [0, 0.05) is 5.41 Å². The average Bonchev–Trinajstić information content (AvgIpc) is 2.87. The summed E-state index contributed by atoms with van der Waals surface area (Å²) in [4.78, 5) is 0. The molecule has 3 aliphatic carbocycles. The largest absolute Gasteiger partial charge is 0.393 e. The Labute approximate surface area is 161 Å². The number of aliphatic hydroxyl groups is 1. The maximum absolute atomic E-state index is 11.2. The lowest BCUT2D eigenvalue weighted by atomic mass is 9.48. The summed E-state index contributed by atoms with van der Waals surface area (Å²) in [6.45, 7) is 6.37. The molecule has 3 N–H and O–H groups in total. The smallest absolute Gasteiger partial charge is 0.357 e. The fourth-order valence-corrected chi connectivity index (χ4v) is 7.03. The van der Waals surface area contributed by atoms with E-state index < -0.39 is 10.3 Å². The summed E-state index contributed by atoms with van der Waals surface area (Å²) in [7, 11) is -4.27. The van der Waals surface area contributed by atoms with Gasteiger partial charge < -0.3 is 5.11 Å². The molecule has 2 fully saturated rings. The second-order valence-corrected chi connectivity index (χ2v) is 10.3. The van der Waals surface area contributed by atoms with Crippen molar-refractivity contribution in [2.45, 2.75) is 63.4 Å². The number of hydrogen-bond donors (Lipinski definition) is 3. The van der Waals surface area contributed by atoms with Gasteiger partial charge in [-0.25, -0.2) is 0 Å². The second kappa shape index (κ2) is 6.33. The van der Waals surface area contributed by atoms with Crippen LogP contribution in [0.1, 0.15) is 56.6 Å². The first-order valence-electron chi connectivity index (χ1n) is 9.84. The summed E-state index contributed by atoms with van der Waals surface area (Å²) < 4.78 is 33.6. The maximum Gasteiger partial charge on any atom is 0.357 e. The molecule has 0 unspecified atom stereocenters. The number of allylic oxidation sites excluding steroid dienone is 1. The van der Waals surface area contributed by atoms with E-state index in [4.69, 9.17) is 4.55 Å². The normalized spacial score (nSPS) is 37.8. The van der Waals surface area contributed by atoms with Gasteiger partial charge in [-0.3, -0.25) is 9.27 Å². The van der Waals surface area contributed by atoms with E-state index in [1.54, 1.807) is 6.07 Å². The highest BCUT2D eigenvalue weighted by Crippen LogP contribution is 2.64. The fraction of sp³-hybridized carbons (Fsp3) is 0.619. The molecule has 6 heteroatoms. The minimum Gasteiger partial charge on any atom is -0.393 e. The third-order valence-corrected chi connectivity index (χ3v) is 8.08. The Kier molecular flexibility index (Phi) is 4.44. The van der Waals surface area contributed by atoms with Gasteiger partial charge in [0.05, 0.1) is 11.8 Å². The number of rotatable bonds is 4. The second-order valence-electron chi connectivity index (χ2n) is 9.10. The summed E-state index contributed by atoms with van der Waals surface area (Å²) in [5.74, 6) is 1.03. The topological polar surface area (TPSA) is 86.6 Å². The molecule has 0 bridgehead atoms. The van der Waals surface area contributed by atoms with Crippen LogP contribution in [0.2, 0.25) is 0 Å². The number of benzene rings is 1. The Hall–Kier alpha value is -1.37. The molecule has 5 nitrogen and oxygen atoms in total. The molecule has 0 amide bonds. The van der Waals surface area contributed by atoms with Gasteiger partial charge in [0.1, 0.15) is 0 Å². The highest BCUT2D eigenvalue weighted by molar-refractivity contribution is 7.87. The molecule has 0 aromatic heterocycles. The van der Waals surface area contributed by atoms with Crippen LogP contribution in [0.25, 0.3) is 0 Å². The highest BCUT2D eigenvalue weighted by atomic mass is 32.2. The Bertz CT molecular complexity index is 867. The van der Waals surface area contributed by atoms with Crippen LogP contribution in [-0.4, -0.2) is 24.2 Å². The van der Waals surface area contributed by atoms with E-state index in [0.717, 1.165) is 50.5 Å². The standard InChI is InChI=1S/C21H29NO4S/c1-3-8-21-10-9-20(2)13-16(23)12-19(20)18(21)6-4-14-11-15(5-7-17(14)21)22-27(24,25)26/h3,5,7,11,16,18-19,22-23H,1,4,6,8-10,12-13H2,2H3,(H,24,25,26)/t16-,18+,19+,20-,21-/m1/s1. The van der Waals surface area contributed by atoms with Crippen molar-refractivity contribution in [3.8, 4) is 0 Å². The van der Waals surface area contributed by atoms with Crippen LogP contribution in [0, 0.1) is 17.3 Å². The minimum absolute atomic E-state index is 0.0141. The number of hydrogen-bond acceptors (Lipinski definition) is 3. The summed E-state index contributed by atoms with van der Waals surface area (Å²) >= 11 is 0. The van der Waals surface area contributed by atoms with Crippen molar-refractivity contribution < 1.29 is 18.1 Å². The first-order chi connectivity index (χ1) is 12.7. The zero-order valence-corrected chi connectivity index (χ0v) is 16.6. The average molecular weight is 392 g/mol. The molecule has 2 saturated carbocycles. The SMILES string of the molecule is C=CC[C@]12CC[C@]3(C)C[C@H](O)C[C@H]3[C@@H]1CCc1cc(NS(=O)(=O)O)ccc12. The quantitative estimate of drug-likeness (QED) is 0.537. The third kappa shape index (κ3) is 3.12. The van der Waals surface area contributed by atoms with Crippen LogP contribution in [0.5, 0.6) is 0 Å². The number of aryl methyl sites for hydroxylation is 1. The Morgan fingerprint density at radius 2 is 2.11 bits per heavy atom. The van der Waals surface area contributed by atoms with Crippen molar-refractivity contribution in [1.82, 2.24) is 0 Å².